The van der Waals surface area contributed by atoms with Crippen LogP contribution in [0.1, 0.15) is 6.42 Å². The number of hydrogen-bond donors (Lipinski definition) is 1. The Morgan fingerprint density at radius 1 is 1.42 bits per heavy atom. The van der Waals surface area contributed by atoms with Crippen molar-refractivity contribution in [1.82, 2.24) is 15.1 Å². The lowest BCUT2D eigenvalue weighted by molar-refractivity contribution is 0.444. The molecule has 19 heavy (non-hydrogen) atoms. The second-order valence-corrected chi connectivity index (χ2v) is 4.82. The minimum atomic E-state index is -0.304. The van der Waals surface area contributed by atoms with E-state index in [1.165, 1.54) is 18.6 Å². The summed E-state index contributed by atoms with van der Waals surface area (Å²) < 4.78 is 20.5. The van der Waals surface area contributed by atoms with E-state index in [4.69, 9.17) is 4.74 Å². The van der Waals surface area contributed by atoms with Gasteiger partial charge in [0.1, 0.15) is 11.6 Å². The Balaban J connectivity index is 1.64. The first-order chi connectivity index (χ1) is 9.29. The molecule has 5 heteroatoms. The average Bonchev–Trinajstić information content (AvgIpc) is 3.02. The van der Waals surface area contributed by atoms with E-state index in [0.717, 1.165) is 19.6 Å². The highest BCUT2D eigenvalue weighted by Gasteiger charge is 2.15. The topological polar surface area (TPSA) is 39.1 Å². The Labute approximate surface area is 111 Å². The molecular formula is C14H16FN3O. The molecule has 2 aromatic rings. The fourth-order valence-electron chi connectivity index (χ4n) is 2.30. The molecule has 100 valence electrons. The summed E-state index contributed by atoms with van der Waals surface area (Å²) in [6.45, 7) is 3.01. The van der Waals surface area contributed by atoms with Crippen molar-refractivity contribution in [2.45, 2.75) is 13.0 Å². The molecule has 2 heterocycles. The highest BCUT2D eigenvalue weighted by Crippen LogP contribution is 2.21. The number of aromatic nitrogens is 2. The molecule has 1 aromatic carbocycles. The van der Waals surface area contributed by atoms with Crippen molar-refractivity contribution in [2.24, 2.45) is 5.92 Å². The van der Waals surface area contributed by atoms with Gasteiger partial charge in [-0.25, -0.2) is 4.39 Å². The van der Waals surface area contributed by atoms with Gasteiger partial charge in [-0.1, -0.05) is 6.07 Å². The van der Waals surface area contributed by atoms with Gasteiger partial charge in [-0.2, -0.15) is 5.10 Å². The SMILES string of the molecule is Fc1cccc(Oc2cnn(CC3CCNC3)c2)c1. The molecule has 1 N–H and O–H groups in total. The lowest BCUT2D eigenvalue weighted by Gasteiger charge is -2.07. The van der Waals surface area contributed by atoms with Crippen LogP contribution in [-0.4, -0.2) is 22.9 Å². The Morgan fingerprint density at radius 3 is 3.16 bits per heavy atom. The normalized spacial score (nSPS) is 18.7. The Hall–Kier alpha value is -1.88. The van der Waals surface area contributed by atoms with Crippen LogP contribution in [0.15, 0.2) is 36.7 Å². The maximum atomic E-state index is 13.0. The molecular weight excluding hydrogens is 245 g/mol. The van der Waals surface area contributed by atoms with Crippen LogP contribution in [0.5, 0.6) is 11.5 Å². The number of nitrogens with zero attached hydrogens (tertiary/aromatic N) is 2. The van der Waals surface area contributed by atoms with Crippen LogP contribution in [0.25, 0.3) is 0 Å². The van der Waals surface area contributed by atoms with Crippen LogP contribution in [-0.2, 0) is 6.54 Å². The van der Waals surface area contributed by atoms with Gasteiger partial charge in [0.2, 0.25) is 0 Å². The van der Waals surface area contributed by atoms with Crippen molar-refractivity contribution < 1.29 is 9.13 Å². The standard InChI is InChI=1S/C14H16FN3O/c15-12-2-1-3-13(6-12)19-14-8-17-18(10-14)9-11-4-5-16-7-11/h1-3,6,8,10-11,16H,4-5,7,9H2. The van der Waals surface area contributed by atoms with Gasteiger partial charge in [0.25, 0.3) is 0 Å². The summed E-state index contributed by atoms with van der Waals surface area (Å²) in [6.07, 6.45) is 4.69. The van der Waals surface area contributed by atoms with Gasteiger partial charge in [-0.3, -0.25) is 4.68 Å². The minimum absolute atomic E-state index is 0.304. The minimum Gasteiger partial charge on any atom is -0.454 e. The largest absolute Gasteiger partial charge is 0.454 e. The summed E-state index contributed by atoms with van der Waals surface area (Å²) in [4.78, 5) is 0. The van der Waals surface area contributed by atoms with E-state index in [9.17, 15) is 4.39 Å². The van der Waals surface area contributed by atoms with Gasteiger partial charge < -0.3 is 10.1 Å². The van der Waals surface area contributed by atoms with Crippen molar-refractivity contribution >= 4 is 0 Å². The molecule has 1 aliphatic rings. The molecule has 1 aromatic heterocycles. The van der Waals surface area contributed by atoms with Gasteiger partial charge in [0, 0.05) is 12.6 Å². The maximum absolute atomic E-state index is 13.0. The summed E-state index contributed by atoms with van der Waals surface area (Å²) in [7, 11) is 0. The highest BCUT2D eigenvalue weighted by atomic mass is 19.1. The fourth-order valence-corrected chi connectivity index (χ4v) is 2.30. The van der Waals surface area contributed by atoms with Crippen molar-refractivity contribution in [3.63, 3.8) is 0 Å². The fraction of sp³-hybridized carbons (Fsp3) is 0.357. The summed E-state index contributed by atoms with van der Waals surface area (Å²) >= 11 is 0. The Bertz CT molecular complexity index is 549. The van der Waals surface area contributed by atoms with Gasteiger partial charge in [-0.05, 0) is 37.6 Å². The summed E-state index contributed by atoms with van der Waals surface area (Å²) in [5, 5.41) is 7.60. The molecule has 1 unspecified atom stereocenters. The summed E-state index contributed by atoms with van der Waals surface area (Å²) in [5.41, 5.74) is 0. The van der Waals surface area contributed by atoms with Crippen LogP contribution in [0.2, 0.25) is 0 Å². The first-order valence-corrected chi connectivity index (χ1v) is 6.46. The second kappa shape index (κ2) is 5.40. The van der Waals surface area contributed by atoms with Gasteiger partial charge in [-0.15, -0.1) is 0 Å². The summed E-state index contributed by atoms with van der Waals surface area (Å²) in [6, 6.07) is 6.10. The second-order valence-electron chi connectivity index (χ2n) is 4.82. The molecule has 1 atom stereocenters. The molecule has 0 bridgehead atoms. The zero-order valence-electron chi connectivity index (χ0n) is 10.6. The van der Waals surface area contributed by atoms with Crippen molar-refractivity contribution in [3.8, 4) is 11.5 Å². The average molecular weight is 261 g/mol. The zero-order chi connectivity index (χ0) is 13.1. The lowest BCUT2D eigenvalue weighted by atomic mass is 10.1. The molecule has 1 fully saturated rings. The van der Waals surface area contributed by atoms with E-state index in [2.05, 4.69) is 10.4 Å². The van der Waals surface area contributed by atoms with E-state index in [1.54, 1.807) is 18.3 Å². The monoisotopic (exact) mass is 261 g/mol. The van der Waals surface area contributed by atoms with Crippen molar-refractivity contribution in [2.75, 3.05) is 13.1 Å². The smallest absolute Gasteiger partial charge is 0.165 e. The van der Waals surface area contributed by atoms with E-state index in [-0.39, 0.29) is 5.82 Å². The van der Waals surface area contributed by atoms with Crippen molar-refractivity contribution in [1.29, 1.82) is 0 Å². The molecule has 0 spiro atoms. The molecule has 1 saturated heterocycles. The van der Waals surface area contributed by atoms with E-state index < -0.39 is 0 Å². The predicted molar refractivity (Wildman–Crippen MR) is 69.7 cm³/mol. The molecule has 3 rings (SSSR count). The maximum Gasteiger partial charge on any atom is 0.165 e. The lowest BCUT2D eigenvalue weighted by Crippen LogP contribution is -2.14. The summed E-state index contributed by atoms with van der Waals surface area (Å²) in [5.74, 6) is 1.45. The van der Waals surface area contributed by atoms with Gasteiger partial charge in [0.15, 0.2) is 5.75 Å². The van der Waals surface area contributed by atoms with Gasteiger partial charge in [0.05, 0.1) is 12.4 Å². The number of rotatable bonds is 4. The Morgan fingerprint density at radius 2 is 2.37 bits per heavy atom. The first-order valence-electron chi connectivity index (χ1n) is 6.46. The molecule has 0 amide bonds. The first kappa shape index (κ1) is 12.2. The predicted octanol–water partition coefficient (Wildman–Crippen LogP) is 2.42. The van der Waals surface area contributed by atoms with Crippen LogP contribution >= 0.6 is 0 Å². The molecule has 0 saturated carbocycles. The van der Waals surface area contributed by atoms with Crippen LogP contribution in [0.3, 0.4) is 0 Å². The number of benzene rings is 1. The number of halogens is 1. The third-order valence-corrected chi connectivity index (χ3v) is 3.25. The molecule has 0 radical (unpaired) electrons. The zero-order valence-corrected chi connectivity index (χ0v) is 10.6. The van der Waals surface area contributed by atoms with Crippen LogP contribution < -0.4 is 10.1 Å². The highest BCUT2D eigenvalue weighted by molar-refractivity contribution is 5.28. The number of ether oxygens (including phenoxy) is 1. The Kier molecular flexibility index (Phi) is 3.46. The number of nitrogens with one attached hydrogen (secondary N) is 1. The molecule has 4 nitrogen and oxygen atoms in total. The third-order valence-electron chi connectivity index (χ3n) is 3.25. The van der Waals surface area contributed by atoms with E-state index >= 15 is 0 Å². The van der Waals surface area contributed by atoms with Crippen LogP contribution in [0, 0.1) is 11.7 Å². The van der Waals surface area contributed by atoms with E-state index in [0.29, 0.717) is 17.4 Å². The quantitative estimate of drug-likeness (QED) is 0.918. The third kappa shape index (κ3) is 3.12. The van der Waals surface area contributed by atoms with Crippen LogP contribution in [0.4, 0.5) is 4.39 Å². The molecule has 1 aliphatic heterocycles. The van der Waals surface area contributed by atoms with E-state index in [1.807, 2.05) is 10.9 Å². The molecule has 0 aliphatic carbocycles. The van der Waals surface area contributed by atoms with Gasteiger partial charge >= 0.3 is 0 Å². The van der Waals surface area contributed by atoms with Crippen molar-refractivity contribution in [3.05, 3.63) is 42.5 Å². The number of hydrogen-bond acceptors (Lipinski definition) is 3.